The molecule has 1 aliphatic heterocycles. The van der Waals surface area contributed by atoms with Crippen LogP contribution in [-0.4, -0.2) is 37.6 Å². The second-order valence-corrected chi connectivity index (χ2v) is 7.49. The van der Waals surface area contributed by atoms with Gasteiger partial charge in [-0.1, -0.05) is 24.3 Å². The van der Waals surface area contributed by atoms with Gasteiger partial charge in [0.1, 0.15) is 0 Å². The Morgan fingerprint density at radius 1 is 1.21 bits per heavy atom. The molecular weight excluding hydrogens is 352 g/mol. The first kappa shape index (κ1) is 20.2. The number of carbonyl (C=O) groups excluding carboxylic acids is 1. The fourth-order valence-corrected chi connectivity index (χ4v) is 4.20. The van der Waals surface area contributed by atoms with Crippen LogP contribution in [0.5, 0.6) is 11.5 Å². The zero-order chi connectivity index (χ0) is 20.3. The summed E-state index contributed by atoms with van der Waals surface area (Å²) >= 11 is 0. The van der Waals surface area contributed by atoms with Crippen LogP contribution < -0.4 is 14.8 Å². The third kappa shape index (κ3) is 4.14. The number of rotatable bonds is 6. The van der Waals surface area contributed by atoms with Crippen molar-refractivity contribution in [2.75, 3.05) is 20.8 Å². The minimum absolute atomic E-state index is 0.0176. The van der Waals surface area contributed by atoms with Gasteiger partial charge in [0.05, 0.1) is 20.3 Å². The van der Waals surface area contributed by atoms with Crippen LogP contribution in [0.3, 0.4) is 0 Å². The first-order chi connectivity index (χ1) is 13.4. The van der Waals surface area contributed by atoms with Crippen molar-refractivity contribution in [3.05, 3.63) is 58.7 Å². The normalized spacial score (nSPS) is 17.5. The Kier molecular flexibility index (Phi) is 6.25. The number of carbonyl (C=O) groups is 1. The second-order valence-electron chi connectivity index (χ2n) is 7.49. The molecule has 2 atom stereocenters. The molecule has 5 heteroatoms. The van der Waals surface area contributed by atoms with Gasteiger partial charge in [-0.15, -0.1) is 0 Å². The smallest absolute Gasteiger partial charge is 0.217 e. The number of hydrogen-bond acceptors (Lipinski definition) is 4. The van der Waals surface area contributed by atoms with E-state index in [2.05, 4.69) is 60.5 Å². The summed E-state index contributed by atoms with van der Waals surface area (Å²) in [6, 6.07) is 12.7. The Morgan fingerprint density at radius 3 is 2.54 bits per heavy atom. The van der Waals surface area contributed by atoms with Gasteiger partial charge in [-0.2, -0.15) is 0 Å². The molecule has 1 aliphatic rings. The highest BCUT2D eigenvalue weighted by Gasteiger charge is 2.33. The maximum Gasteiger partial charge on any atom is 0.217 e. The summed E-state index contributed by atoms with van der Waals surface area (Å²) in [4.78, 5) is 14.2. The highest BCUT2D eigenvalue weighted by Crippen LogP contribution is 2.40. The molecule has 1 amide bonds. The number of nitrogens with one attached hydrogen (secondary N) is 1. The number of aryl methyl sites for hydroxylation is 1. The fourth-order valence-electron chi connectivity index (χ4n) is 4.20. The van der Waals surface area contributed by atoms with Gasteiger partial charge in [0.2, 0.25) is 5.91 Å². The summed E-state index contributed by atoms with van der Waals surface area (Å²) < 4.78 is 11.0. The Labute approximate surface area is 167 Å². The SMILES string of the molecule is COc1cc2c(cc1OC)[C@H]([C@@H](C)NC(C)=O)N(Cc1ccccc1C)CC2. The quantitative estimate of drug-likeness (QED) is 0.829. The number of ether oxygens (including phenoxy) is 2. The Balaban J connectivity index is 2.02. The van der Waals surface area contributed by atoms with Crippen LogP contribution in [0.4, 0.5) is 0 Å². The minimum atomic E-state index is -0.0290. The largest absolute Gasteiger partial charge is 0.493 e. The molecule has 0 radical (unpaired) electrons. The third-order valence-electron chi connectivity index (χ3n) is 5.57. The molecule has 1 N–H and O–H groups in total. The minimum Gasteiger partial charge on any atom is -0.493 e. The fraction of sp³-hybridized carbons (Fsp3) is 0.435. The number of methoxy groups -OCH3 is 2. The van der Waals surface area contributed by atoms with E-state index in [0.717, 1.165) is 31.0 Å². The molecule has 5 nitrogen and oxygen atoms in total. The lowest BCUT2D eigenvalue weighted by Gasteiger charge is -2.41. The molecule has 1 heterocycles. The molecule has 3 rings (SSSR count). The van der Waals surface area contributed by atoms with Crippen molar-refractivity contribution in [2.24, 2.45) is 0 Å². The van der Waals surface area contributed by atoms with Gasteiger partial charge in [-0.05, 0) is 54.7 Å². The predicted molar refractivity (Wildman–Crippen MR) is 111 cm³/mol. The lowest BCUT2D eigenvalue weighted by Crippen LogP contribution is -2.46. The standard InChI is InChI=1S/C23H30N2O3/c1-15-8-6-7-9-19(15)14-25-11-10-18-12-21(27-4)22(28-5)13-20(18)23(25)16(2)24-17(3)26/h6-9,12-13,16,23H,10-11,14H2,1-5H3,(H,24,26)/t16-,23+/m1/s1. The van der Waals surface area contributed by atoms with E-state index in [1.807, 2.05) is 0 Å². The van der Waals surface area contributed by atoms with Gasteiger partial charge < -0.3 is 14.8 Å². The monoisotopic (exact) mass is 382 g/mol. The molecule has 0 spiro atoms. The molecule has 0 saturated carbocycles. The highest BCUT2D eigenvalue weighted by atomic mass is 16.5. The van der Waals surface area contributed by atoms with Crippen LogP contribution in [0.25, 0.3) is 0 Å². The first-order valence-corrected chi connectivity index (χ1v) is 9.75. The van der Waals surface area contributed by atoms with Crippen molar-refractivity contribution in [3.8, 4) is 11.5 Å². The summed E-state index contributed by atoms with van der Waals surface area (Å²) in [6.45, 7) is 7.55. The number of hydrogen-bond donors (Lipinski definition) is 1. The van der Waals surface area contributed by atoms with Gasteiger partial charge in [0.15, 0.2) is 11.5 Å². The van der Waals surface area contributed by atoms with Gasteiger partial charge in [-0.25, -0.2) is 0 Å². The summed E-state index contributed by atoms with van der Waals surface area (Å²) in [6.07, 6.45) is 0.935. The van der Waals surface area contributed by atoms with Gasteiger partial charge in [0.25, 0.3) is 0 Å². The molecule has 0 unspecified atom stereocenters. The Bertz CT molecular complexity index is 850. The summed E-state index contributed by atoms with van der Waals surface area (Å²) in [5.74, 6) is 1.45. The molecule has 0 aromatic heterocycles. The zero-order valence-corrected chi connectivity index (χ0v) is 17.4. The van der Waals surface area contributed by atoms with Crippen molar-refractivity contribution in [1.82, 2.24) is 10.2 Å². The Morgan fingerprint density at radius 2 is 1.89 bits per heavy atom. The van der Waals surface area contributed by atoms with Crippen molar-refractivity contribution in [1.29, 1.82) is 0 Å². The van der Waals surface area contributed by atoms with Crippen molar-refractivity contribution in [3.63, 3.8) is 0 Å². The zero-order valence-electron chi connectivity index (χ0n) is 17.4. The average Bonchev–Trinajstić information content (AvgIpc) is 2.67. The van der Waals surface area contributed by atoms with Gasteiger partial charge in [0, 0.05) is 26.1 Å². The molecule has 28 heavy (non-hydrogen) atoms. The maximum atomic E-state index is 11.8. The predicted octanol–water partition coefficient (Wildman–Crippen LogP) is 3.64. The van der Waals surface area contributed by atoms with Crippen LogP contribution >= 0.6 is 0 Å². The highest BCUT2D eigenvalue weighted by molar-refractivity contribution is 5.73. The molecular formula is C23H30N2O3. The van der Waals surface area contributed by atoms with Crippen molar-refractivity contribution in [2.45, 2.75) is 45.8 Å². The summed E-state index contributed by atoms with van der Waals surface area (Å²) in [5.41, 5.74) is 5.04. The maximum absolute atomic E-state index is 11.8. The van der Waals surface area contributed by atoms with E-state index in [4.69, 9.17) is 9.47 Å². The third-order valence-corrected chi connectivity index (χ3v) is 5.57. The average molecular weight is 383 g/mol. The molecule has 0 aliphatic carbocycles. The lowest BCUT2D eigenvalue weighted by molar-refractivity contribution is -0.120. The van der Waals surface area contributed by atoms with Crippen LogP contribution in [0.1, 0.15) is 42.1 Å². The topological polar surface area (TPSA) is 50.8 Å². The van der Waals surface area contributed by atoms with Crippen LogP contribution in [0, 0.1) is 6.92 Å². The lowest BCUT2D eigenvalue weighted by atomic mass is 9.87. The summed E-state index contributed by atoms with van der Waals surface area (Å²) in [7, 11) is 3.32. The van der Waals surface area contributed by atoms with E-state index in [1.165, 1.54) is 22.3 Å². The number of benzene rings is 2. The number of amides is 1. The van der Waals surface area contributed by atoms with E-state index in [0.29, 0.717) is 0 Å². The summed E-state index contributed by atoms with van der Waals surface area (Å²) in [5, 5.41) is 3.10. The van der Waals surface area contributed by atoms with Gasteiger partial charge >= 0.3 is 0 Å². The van der Waals surface area contributed by atoms with Gasteiger partial charge in [-0.3, -0.25) is 9.69 Å². The van der Waals surface area contributed by atoms with E-state index < -0.39 is 0 Å². The van der Waals surface area contributed by atoms with Crippen LogP contribution in [0.2, 0.25) is 0 Å². The molecule has 2 aromatic rings. The van der Waals surface area contributed by atoms with Crippen LogP contribution in [-0.2, 0) is 17.8 Å². The van der Waals surface area contributed by atoms with E-state index >= 15 is 0 Å². The molecule has 150 valence electrons. The van der Waals surface area contributed by atoms with E-state index in [1.54, 1.807) is 21.1 Å². The Hall–Kier alpha value is -2.53. The first-order valence-electron chi connectivity index (χ1n) is 9.75. The molecule has 0 saturated heterocycles. The van der Waals surface area contributed by atoms with Crippen LogP contribution in [0.15, 0.2) is 36.4 Å². The van der Waals surface area contributed by atoms with Crippen molar-refractivity contribution >= 4 is 5.91 Å². The number of fused-ring (bicyclic) bond motifs is 1. The number of nitrogens with zero attached hydrogens (tertiary/aromatic N) is 1. The second kappa shape index (κ2) is 8.65. The van der Waals surface area contributed by atoms with Crippen molar-refractivity contribution < 1.29 is 14.3 Å². The molecule has 0 bridgehead atoms. The van der Waals surface area contributed by atoms with E-state index in [9.17, 15) is 4.79 Å². The van der Waals surface area contributed by atoms with E-state index in [-0.39, 0.29) is 18.0 Å². The molecule has 2 aromatic carbocycles. The molecule has 0 fully saturated rings.